The van der Waals surface area contributed by atoms with Crippen LogP contribution in [0.5, 0.6) is 40.4 Å². The molecule has 0 unspecified atom stereocenters. The normalized spacial score (nSPS) is 14.5. The Morgan fingerprint density at radius 2 is 1.03 bits per heavy atom. The van der Waals surface area contributed by atoms with E-state index in [0.29, 0.717) is 49.3 Å². The number of carbonyl (C=O) groups is 2. The zero-order valence-corrected chi connectivity index (χ0v) is 42.6. The average molecular weight is 1050 g/mol. The molecule has 2 saturated heterocycles. The molecule has 0 spiro atoms. The van der Waals surface area contributed by atoms with E-state index in [0.717, 1.165) is 58.0 Å². The van der Waals surface area contributed by atoms with Gasteiger partial charge >= 0.3 is 0 Å². The number of carbonyl (C=O) groups excluding carboxylic acids is 2. The van der Waals surface area contributed by atoms with Crippen molar-refractivity contribution in [2.75, 3.05) is 47.5 Å². The maximum atomic E-state index is 14.6. The number of aromatic nitrogens is 6. The minimum absolute atomic E-state index is 0. The lowest BCUT2D eigenvalue weighted by atomic mass is 10.0. The second-order valence-corrected chi connectivity index (χ2v) is 18.0. The van der Waals surface area contributed by atoms with Crippen LogP contribution in [0.2, 0.25) is 0 Å². The number of hydrogen-bond donors (Lipinski definition) is 0. The van der Waals surface area contributed by atoms with Crippen LogP contribution >= 0.6 is 0 Å². The number of amides is 2. The monoisotopic (exact) mass is 1040 g/mol. The largest absolute Gasteiger partial charge is 0.494 e. The van der Waals surface area contributed by atoms with Gasteiger partial charge in [0.15, 0.2) is 23.0 Å². The Morgan fingerprint density at radius 3 is 1.45 bits per heavy atom. The van der Waals surface area contributed by atoms with Crippen LogP contribution in [0, 0.1) is 35.3 Å². The van der Waals surface area contributed by atoms with Crippen molar-refractivity contribution in [3.63, 3.8) is 0 Å². The first-order valence-corrected chi connectivity index (χ1v) is 24.4. The summed E-state index contributed by atoms with van der Waals surface area (Å²) in [5, 5.41) is 0. The number of benzene rings is 4. The van der Waals surface area contributed by atoms with Crippen molar-refractivity contribution in [2.24, 2.45) is 0 Å². The molecule has 77 heavy (non-hydrogen) atoms. The number of fused-ring (bicyclic) bond motifs is 2. The highest BCUT2D eigenvalue weighted by Gasteiger charge is 2.33. The summed E-state index contributed by atoms with van der Waals surface area (Å²) in [6.45, 7) is 9.93. The Morgan fingerprint density at radius 1 is 0.597 bits per heavy atom. The molecule has 2 atom stereocenters. The molecule has 2 amide bonds. The van der Waals surface area contributed by atoms with Gasteiger partial charge in [-0.15, -0.1) is 0 Å². The van der Waals surface area contributed by atoms with E-state index in [4.69, 9.17) is 33.7 Å². The molecule has 2 aliphatic rings. The fraction of sp³-hybridized carbons (Fsp3) is 0.300. The molecule has 15 nitrogen and oxygen atoms in total. The van der Waals surface area contributed by atoms with Crippen molar-refractivity contribution in [3.05, 3.63) is 139 Å². The summed E-state index contributed by atoms with van der Waals surface area (Å²) in [7, 11) is 4.39. The number of nitrogens with zero attached hydrogens (tertiary/aromatic N) is 8. The van der Waals surface area contributed by atoms with Gasteiger partial charge in [-0.2, -0.15) is 8.78 Å². The third-order valence-corrected chi connectivity index (χ3v) is 13.1. The van der Waals surface area contributed by atoms with E-state index < -0.39 is 11.6 Å². The summed E-state index contributed by atoms with van der Waals surface area (Å²) in [6, 6.07) is 24.2. The van der Waals surface area contributed by atoms with E-state index >= 15 is 0 Å². The van der Waals surface area contributed by atoms with E-state index in [9.17, 15) is 18.4 Å². The first-order chi connectivity index (χ1) is 36.4. The average Bonchev–Trinajstić information content (AvgIpc) is 4.37. The van der Waals surface area contributed by atoms with Crippen LogP contribution in [0.25, 0.3) is 33.5 Å². The van der Waals surface area contributed by atoms with Gasteiger partial charge in [0.25, 0.3) is 11.8 Å². The van der Waals surface area contributed by atoms with Gasteiger partial charge in [-0.3, -0.25) is 23.4 Å². The molecule has 4 aromatic heterocycles. The predicted octanol–water partition coefficient (Wildman–Crippen LogP) is 11.8. The number of ether oxygens (including phenoxy) is 5. The van der Waals surface area contributed by atoms with Crippen molar-refractivity contribution < 1.29 is 42.1 Å². The Kier molecular flexibility index (Phi) is 17.8. The number of likely N-dealkylation sites (tertiary alicyclic amines) is 2. The third-order valence-electron chi connectivity index (χ3n) is 13.1. The van der Waals surface area contributed by atoms with Gasteiger partial charge in [-0.25, -0.2) is 15.0 Å². The van der Waals surface area contributed by atoms with E-state index in [1.165, 1.54) is 20.3 Å². The molecule has 0 saturated carbocycles. The summed E-state index contributed by atoms with van der Waals surface area (Å²) < 4.78 is 60.3. The molecule has 0 N–H and O–H groups in total. The first-order valence-electron chi connectivity index (χ1n) is 24.4. The van der Waals surface area contributed by atoms with E-state index in [-0.39, 0.29) is 67.4 Å². The highest BCUT2D eigenvalue weighted by atomic mass is 19.1. The molecule has 398 valence electrons. The molecule has 0 aliphatic carbocycles. The molecule has 4 aromatic carbocycles. The van der Waals surface area contributed by atoms with Gasteiger partial charge in [-0.05, 0) is 117 Å². The fourth-order valence-corrected chi connectivity index (χ4v) is 9.42. The second kappa shape index (κ2) is 24.6. The molecular weight excluding hydrogens is 983 g/mol. The topological polar surface area (TPSA) is 147 Å². The summed E-state index contributed by atoms with van der Waals surface area (Å²) in [4.78, 5) is 47.3. The van der Waals surface area contributed by atoms with Gasteiger partial charge < -0.3 is 33.5 Å². The highest BCUT2D eigenvalue weighted by Crippen LogP contribution is 2.39. The van der Waals surface area contributed by atoms with Crippen LogP contribution in [0.1, 0.15) is 90.5 Å². The quantitative estimate of drug-likeness (QED) is 0.108. The number of methoxy groups -OCH3 is 3. The first kappa shape index (κ1) is 55.8. The van der Waals surface area contributed by atoms with Crippen molar-refractivity contribution in [1.29, 1.82) is 0 Å². The van der Waals surface area contributed by atoms with Gasteiger partial charge in [0.2, 0.25) is 17.5 Å². The number of imidazole rings is 2. The standard InChI is InChI=1S/C30H29FN4O3.C28H25FN4O4.2CH4/c1-5-7-25(36)34-16-14-21(18-34)30-33-28(29-27(19(2)3)32-15-17-35(29)30)20-10-12-22(13-11-20)38-24-9-6-8-23(37-4)26(24)31;1-4-6-23(34)32-15-13-19(17-32)27-31-25(26-28(36-3)30-14-16-33(26)27)18-9-11-20(12-10-18)37-22-8-5-7-21(35-2)24(22)29;;/h6,8-13,15,17,19,21H,14,16,18H2,1-4H3;5,7-12,14,16,19H,13,15,17H2,1-3H3;2*1H4/t21-;19-;;/m11../s1. The maximum Gasteiger partial charge on any atom is 0.298 e. The van der Waals surface area contributed by atoms with Gasteiger partial charge in [-0.1, -0.05) is 52.7 Å². The van der Waals surface area contributed by atoms with Crippen LogP contribution in [0.4, 0.5) is 8.78 Å². The smallest absolute Gasteiger partial charge is 0.298 e. The van der Waals surface area contributed by atoms with Crippen molar-refractivity contribution in [3.8, 4) is 86.6 Å². The lowest BCUT2D eigenvalue weighted by Gasteiger charge is -2.13. The Bertz CT molecular complexity index is 3540. The molecule has 6 heterocycles. The molecular formula is C60H62F2N8O7. The van der Waals surface area contributed by atoms with Gasteiger partial charge in [0.1, 0.15) is 34.4 Å². The van der Waals surface area contributed by atoms with Crippen LogP contribution < -0.4 is 23.7 Å². The molecule has 8 aromatic rings. The molecule has 0 radical (unpaired) electrons. The Hall–Kier alpha value is -8.96. The number of halogens is 2. The van der Waals surface area contributed by atoms with Crippen LogP contribution in [0.15, 0.2) is 110 Å². The Balaban J connectivity index is 0.000000218. The van der Waals surface area contributed by atoms with E-state index in [1.807, 2.05) is 41.1 Å². The fourth-order valence-electron chi connectivity index (χ4n) is 9.42. The molecule has 10 rings (SSSR count). The number of hydrogen-bond acceptors (Lipinski definition) is 11. The zero-order valence-electron chi connectivity index (χ0n) is 42.6. The Labute approximate surface area is 447 Å². The SMILES string of the molecule is C.C.CC#CC(=O)N1CC[C@@H](c2nc(-c3ccc(Oc4cccc(OC)c4F)cc3)c3c(C(C)C)nccn23)C1.CC#CC(=O)N1CC[C@@H](c2nc(-c3ccc(Oc4cccc(OC)c4F)cc3)c3c(OC)nccn23)C1. The molecule has 0 bridgehead atoms. The van der Waals surface area contributed by atoms with Crippen LogP contribution in [0.3, 0.4) is 0 Å². The highest BCUT2D eigenvalue weighted by molar-refractivity contribution is 5.94. The molecule has 17 heteroatoms. The third kappa shape index (κ3) is 11.5. The van der Waals surface area contributed by atoms with Crippen molar-refractivity contribution >= 4 is 22.8 Å². The maximum absolute atomic E-state index is 14.6. The lowest BCUT2D eigenvalue weighted by molar-refractivity contribution is -0.124. The van der Waals surface area contributed by atoms with Crippen molar-refractivity contribution in [1.82, 2.24) is 38.5 Å². The van der Waals surface area contributed by atoms with Crippen LogP contribution in [-0.2, 0) is 9.59 Å². The van der Waals surface area contributed by atoms with E-state index in [1.54, 1.807) is 97.7 Å². The van der Waals surface area contributed by atoms with Crippen LogP contribution in [-0.4, -0.2) is 97.9 Å². The predicted molar refractivity (Wildman–Crippen MR) is 292 cm³/mol. The summed E-state index contributed by atoms with van der Waals surface area (Å²) in [5.74, 6) is 13.0. The zero-order chi connectivity index (χ0) is 52.8. The van der Waals surface area contributed by atoms with Gasteiger partial charge in [0.05, 0.1) is 38.2 Å². The van der Waals surface area contributed by atoms with Gasteiger partial charge in [0, 0.05) is 73.9 Å². The minimum Gasteiger partial charge on any atom is -0.494 e. The lowest BCUT2D eigenvalue weighted by Crippen LogP contribution is -2.27. The summed E-state index contributed by atoms with van der Waals surface area (Å²) in [5.41, 5.74) is 5.84. The second-order valence-electron chi connectivity index (χ2n) is 18.0. The molecule has 2 aliphatic heterocycles. The summed E-state index contributed by atoms with van der Waals surface area (Å²) >= 11 is 0. The van der Waals surface area contributed by atoms with Crippen molar-refractivity contribution in [2.45, 2.75) is 73.1 Å². The molecule has 2 fully saturated rings. The van der Waals surface area contributed by atoms with E-state index in [2.05, 4.69) is 51.9 Å². The minimum atomic E-state index is -0.566. The number of rotatable bonds is 12. The summed E-state index contributed by atoms with van der Waals surface area (Å²) in [6.07, 6.45) is 8.85.